The Morgan fingerprint density at radius 3 is 1.25 bits per heavy atom. The molecule has 7 atom stereocenters. The van der Waals surface area contributed by atoms with Crippen molar-refractivity contribution in [2.75, 3.05) is 19.8 Å². The lowest BCUT2D eigenvalue weighted by atomic mass is 9.99. The van der Waals surface area contributed by atoms with Crippen LogP contribution in [0.25, 0.3) is 0 Å². The molecule has 0 aromatic heterocycles. The van der Waals surface area contributed by atoms with Gasteiger partial charge < -0.3 is 45.1 Å². The van der Waals surface area contributed by atoms with Crippen LogP contribution in [0.2, 0.25) is 0 Å². The Hall–Kier alpha value is -2.38. The molecule has 0 spiro atoms. The zero-order chi connectivity index (χ0) is 60.9. The lowest BCUT2D eigenvalue weighted by molar-refractivity contribution is -0.302. The molecular weight excluding hydrogens is 1050 g/mol. The summed E-state index contributed by atoms with van der Waals surface area (Å²) in [5.41, 5.74) is 0. The van der Waals surface area contributed by atoms with Gasteiger partial charge in [-0.1, -0.05) is 294 Å². The highest BCUT2D eigenvalue weighted by Gasteiger charge is 2.44. The van der Waals surface area contributed by atoms with Crippen molar-refractivity contribution in [1.29, 1.82) is 0 Å². The third-order valence-corrected chi connectivity index (χ3v) is 16.9. The van der Waals surface area contributed by atoms with Crippen molar-refractivity contribution in [1.82, 2.24) is 5.32 Å². The van der Waals surface area contributed by atoms with Crippen LogP contribution in [0, 0.1) is 0 Å². The molecule has 0 radical (unpaired) electrons. The highest BCUT2D eigenvalue weighted by Crippen LogP contribution is 2.23. The predicted octanol–water partition coefficient (Wildman–Crippen LogP) is 18.4. The minimum atomic E-state index is -1.57. The molecule has 11 nitrogen and oxygen atoms in total. The number of hydrogen-bond acceptors (Lipinski definition) is 10. The summed E-state index contributed by atoms with van der Waals surface area (Å²) in [5, 5.41) is 54.4. The van der Waals surface area contributed by atoms with Gasteiger partial charge in [0.05, 0.1) is 32.0 Å². The molecule has 0 aromatic rings. The van der Waals surface area contributed by atoms with Crippen molar-refractivity contribution >= 4 is 11.9 Å². The maximum Gasteiger partial charge on any atom is 0.305 e. The summed E-state index contributed by atoms with van der Waals surface area (Å²) >= 11 is 0. The first kappa shape index (κ1) is 79.6. The van der Waals surface area contributed by atoms with Crippen molar-refractivity contribution in [2.45, 2.75) is 384 Å². The average Bonchev–Trinajstić information content (AvgIpc) is 3.66. The van der Waals surface area contributed by atoms with Gasteiger partial charge in [0, 0.05) is 12.8 Å². The molecule has 1 heterocycles. The van der Waals surface area contributed by atoms with Gasteiger partial charge in [-0.25, -0.2) is 0 Å². The minimum Gasteiger partial charge on any atom is -0.466 e. The zero-order valence-corrected chi connectivity index (χ0v) is 54.6. The molecule has 1 rings (SSSR count). The van der Waals surface area contributed by atoms with Crippen LogP contribution in [-0.2, 0) is 23.8 Å². The Morgan fingerprint density at radius 2 is 0.810 bits per heavy atom. The van der Waals surface area contributed by atoms with Gasteiger partial charge in [-0.05, 0) is 83.5 Å². The van der Waals surface area contributed by atoms with Crippen LogP contribution < -0.4 is 5.32 Å². The van der Waals surface area contributed by atoms with Crippen LogP contribution in [0.15, 0.2) is 48.6 Å². The van der Waals surface area contributed by atoms with Crippen molar-refractivity contribution in [3.63, 3.8) is 0 Å². The molecule has 0 aliphatic carbocycles. The third kappa shape index (κ3) is 50.6. The van der Waals surface area contributed by atoms with E-state index in [4.69, 9.17) is 14.2 Å². The van der Waals surface area contributed by atoms with E-state index in [-0.39, 0.29) is 18.5 Å². The van der Waals surface area contributed by atoms with Crippen molar-refractivity contribution < 1.29 is 49.3 Å². The number of nitrogens with one attached hydrogen (secondary N) is 1. The van der Waals surface area contributed by atoms with E-state index in [0.717, 1.165) is 64.2 Å². The van der Waals surface area contributed by atoms with E-state index in [0.29, 0.717) is 19.4 Å². The number of carbonyl (C=O) groups excluding carboxylic acids is 2. The topological polar surface area (TPSA) is 175 Å². The largest absolute Gasteiger partial charge is 0.466 e. The lowest BCUT2D eigenvalue weighted by Gasteiger charge is -2.40. The fourth-order valence-corrected chi connectivity index (χ4v) is 11.2. The molecule has 1 aliphatic rings. The first-order chi connectivity index (χ1) is 41.2. The van der Waals surface area contributed by atoms with E-state index in [1.807, 2.05) is 6.08 Å². The second kappa shape index (κ2) is 62.2. The molecule has 1 aliphatic heterocycles. The summed E-state index contributed by atoms with van der Waals surface area (Å²) in [6.45, 7) is 4.31. The predicted molar refractivity (Wildman–Crippen MR) is 352 cm³/mol. The second-order valence-electron chi connectivity index (χ2n) is 24.9. The average molecular weight is 1190 g/mol. The summed E-state index contributed by atoms with van der Waals surface area (Å²) in [5.74, 6) is -0.181. The summed E-state index contributed by atoms with van der Waals surface area (Å²) in [6.07, 6.45) is 71.2. The number of amides is 1. The Kier molecular flexibility index (Phi) is 59.0. The van der Waals surface area contributed by atoms with Gasteiger partial charge in [-0.2, -0.15) is 0 Å². The highest BCUT2D eigenvalue weighted by molar-refractivity contribution is 5.76. The fraction of sp³-hybridized carbons (Fsp3) is 0.863. The molecule has 11 heteroatoms. The van der Waals surface area contributed by atoms with Crippen LogP contribution in [0.5, 0.6) is 0 Å². The Labute approximate surface area is 516 Å². The number of unbranched alkanes of at least 4 members (excludes halogenated alkanes) is 43. The molecule has 1 fully saturated rings. The van der Waals surface area contributed by atoms with Gasteiger partial charge >= 0.3 is 5.97 Å². The van der Waals surface area contributed by atoms with Gasteiger partial charge in [-0.3, -0.25) is 9.59 Å². The van der Waals surface area contributed by atoms with Gasteiger partial charge in [0.25, 0.3) is 0 Å². The van der Waals surface area contributed by atoms with Crippen LogP contribution in [0.3, 0.4) is 0 Å². The van der Waals surface area contributed by atoms with Gasteiger partial charge in [0.1, 0.15) is 24.4 Å². The van der Waals surface area contributed by atoms with E-state index in [1.165, 1.54) is 250 Å². The highest BCUT2D eigenvalue weighted by atomic mass is 16.7. The van der Waals surface area contributed by atoms with Crippen LogP contribution >= 0.6 is 0 Å². The maximum absolute atomic E-state index is 13.0. The van der Waals surface area contributed by atoms with E-state index in [2.05, 4.69) is 55.6 Å². The molecule has 492 valence electrons. The molecule has 1 saturated heterocycles. The molecule has 6 N–H and O–H groups in total. The third-order valence-electron chi connectivity index (χ3n) is 16.9. The molecule has 1 amide bonds. The number of carbonyl (C=O) groups is 2. The smallest absolute Gasteiger partial charge is 0.305 e. The monoisotopic (exact) mass is 1190 g/mol. The number of hydrogen-bond donors (Lipinski definition) is 6. The summed E-state index contributed by atoms with van der Waals surface area (Å²) in [7, 11) is 0. The molecule has 7 unspecified atom stereocenters. The number of rotatable bonds is 63. The molecule has 0 aromatic carbocycles. The number of ether oxygens (including phenoxy) is 3. The van der Waals surface area contributed by atoms with Gasteiger partial charge in [-0.15, -0.1) is 0 Å². The van der Waals surface area contributed by atoms with Crippen molar-refractivity contribution in [3.05, 3.63) is 48.6 Å². The summed E-state index contributed by atoms with van der Waals surface area (Å²) < 4.78 is 16.7. The van der Waals surface area contributed by atoms with Crippen LogP contribution in [-0.4, -0.2) is 100 Å². The first-order valence-corrected chi connectivity index (χ1v) is 35.9. The molecule has 84 heavy (non-hydrogen) atoms. The first-order valence-electron chi connectivity index (χ1n) is 35.9. The molecule has 0 bridgehead atoms. The minimum absolute atomic E-state index is 0.00115. The van der Waals surface area contributed by atoms with E-state index < -0.39 is 49.5 Å². The number of aliphatic hydroxyl groups is 5. The maximum atomic E-state index is 13.0. The Balaban J connectivity index is 1.92. The zero-order valence-electron chi connectivity index (χ0n) is 54.6. The fourth-order valence-electron chi connectivity index (χ4n) is 11.2. The van der Waals surface area contributed by atoms with E-state index >= 15 is 0 Å². The quantitative estimate of drug-likeness (QED) is 0.0195. The lowest BCUT2D eigenvalue weighted by Crippen LogP contribution is -2.60. The van der Waals surface area contributed by atoms with Crippen molar-refractivity contribution in [3.8, 4) is 0 Å². The van der Waals surface area contributed by atoms with Crippen LogP contribution in [0.4, 0.5) is 0 Å². The normalized spacial score (nSPS) is 18.3. The van der Waals surface area contributed by atoms with Crippen LogP contribution in [0.1, 0.15) is 341 Å². The Bertz CT molecular complexity index is 1530. The Morgan fingerprint density at radius 1 is 0.440 bits per heavy atom. The molecule has 0 saturated carbocycles. The van der Waals surface area contributed by atoms with Crippen molar-refractivity contribution in [2.24, 2.45) is 0 Å². The number of aliphatic hydroxyl groups excluding tert-OH is 5. The number of allylic oxidation sites excluding steroid dienone is 7. The second-order valence-corrected chi connectivity index (χ2v) is 24.9. The van der Waals surface area contributed by atoms with E-state index in [9.17, 15) is 35.1 Å². The number of esters is 1. The molecular formula is C73H135NO10. The van der Waals surface area contributed by atoms with Gasteiger partial charge in [0.2, 0.25) is 5.91 Å². The SMILES string of the molecule is CCCC/C=C\CCCCCCCC(=O)OCCCCCCCCCCCCC/C=C\C/C=C\CCCCCCCCCCCCCCCCCCCC(=O)NC(COC1OC(CO)C(O)C(O)C1O)C(O)/C=C/CCCCCCCCCC. The standard InChI is InChI=1S/C73H135NO10/c1-3-5-7-9-11-13-40-45-49-53-57-61-69(78)82-62-58-54-50-46-42-39-37-35-33-31-29-27-25-23-21-19-17-15-16-18-20-22-24-26-28-30-32-34-36-38-41-44-48-52-56-60-68(77)74-65(64-83-73-72(81)71(80)70(79)67(63-75)84-73)66(76)59-55-51-47-43-14-12-10-8-6-4-2/h9,11,17,19,23,25,55,59,65-67,70-73,75-76,79-81H,3-8,10,12-16,18,20-22,24,26-54,56-58,60-64H2,1-2H3,(H,74,77)/b11-9-,19-17-,25-23-,59-55+. The van der Waals surface area contributed by atoms with Gasteiger partial charge in [0.15, 0.2) is 6.29 Å². The van der Waals surface area contributed by atoms with E-state index in [1.54, 1.807) is 6.08 Å². The summed E-state index contributed by atoms with van der Waals surface area (Å²) in [6, 6.07) is -0.807. The summed E-state index contributed by atoms with van der Waals surface area (Å²) in [4.78, 5) is 25.0.